The predicted molar refractivity (Wildman–Crippen MR) is 72.6 cm³/mol. The summed E-state index contributed by atoms with van der Waals surface area (Å²) in [7, 11) is 0. The number of thiazole rings is 1. The van der Waals surface area contributed by atoms with E-state index in [1.54, 1.807) is 6.92 Å². The normalized spacial score (nSPS) is 12.1. The number of anilines is 2. The van der Waals surface area contributed by atoms with Crippen molar-refractivity contribution in [1.29, 1.82) is 0 Å². The maximum atomic E-state index is 11.1. The van der Waals surface area contributed by atoms with Gasteiger partial charge in [-0.15, -0.1) is 11.3 Å². The molecule has 0 aliphatic carbocycles. The minimum absolute atomic E-state index is 0.547. The maximum Gasteiger partial charge on any atom is 0.310 e. The fraction of sp³-hybridized carbons (Fsp3) is 0.231. The number of hydrogen-bond donors (Lipinski definition) is 2. The lowest BCUT2D eigenvalue weighted by Gasteiger charge is -2.13. The molecule has 1 atom stereocenters. The number of nitrogens with zero attached hydrogens (tertiary/aromatic N) is 1. The SMILES string of the molecule is Cc1csc(Nc2ccccc2[C@H](C)C(=O)O)n1. The lowest BCUT2D eigenvalue weighted by Crippen LogP contribution is -2.09. The van der Waals surface area contributed by atoms with Crippen LogP contribution in [-0.2, 0) is 4.79 Å². The summed E-state index contributed by atoms with van der Waals surface area (Å²) in [4.78, 5) is 15.4. The molecule has 0 spiro atoms. The summed E-state index contributed by atoms with van der Waals surface area (Å²) in [6.45, 7) is 3.60. The molecule has 0 aliphatic heterocycles. The number of aliphatic carboxylic acids is 1. The van der Waals surface area contributed by atoms with E-state index in [2.05, 4.69) is 10.3 Å². The zero-order chi connectivity index (χ0) is 13.1. The van der Waals surface area contributed by atoms with Crippen molar-refractivity contribution in [3.8, 4) is 0 Å². The summed E-state index contributed by atoms with van der Waals surface area (Å²) >= 11 is 1.50. The van der Waals surface area contributed by atoms with E-state index >= 15 is 0 Å². The molecule has 0 saturated carbocycles. The van der Waals surface area contributed by atoms with Crippen LogP contribution in [0.2, 0.25) is 0 Å². The number of nitrogens with one attached hydrogen (secondary N) is 1. The van der Waals surface area contributed by atoms with Crippen molar-refractivity contribution in [2.45, 2.75) is 19.8 Å². The van der Waals surface area contributed by atoms with Gasteiger partial charge < -0.3 is 10.4 Å². The second-order valence-electron chi connectivity index (χ2n) is 4.07. The highest BCUT2D eigenvalue weighted by atomic mass is 32.1. The van der Waals surface area contributed by atoms with Crippen molar-refractivity contribution < 1.29 is 9.90 Å². The van der Waals surface area contributed by atoms with Gasteiger partial charge in [0.1, 0.15) is 0 Å². The Morgan fingerprint density at radius 1 is 1.44 bits per heavy atom. The third kappa shape index (κ3) is 2.68. The summed E-state index contributed by atoms with van der Waals surface area (Å²) in [5, 5.41) is 15.0. The van der Waals surface area contributed by atoms with E-state index in [4.69, 9.17) is 5.11 Å². The van der Waals surface area contributed by atoms with Gasteiger partial charge in [-0.3, -0.25) is 4.79 Å². The highest BCUT2D eigenvalue weighted by molar-refractivity contribution is 7.13. The van der Waals surface area contributed by atoms with Gasteiger partial charge in [0, 0.05) is 11.1 Å². The molecule has 4 nitrogen and oxygen atoms in total. The van der Waals surface area contributed by atoms with Crippen molar-refractivity contribution >= 4 is 28.1 Å². The van der Waals surface area contributed by atoms with Gasteiger partial charge in [0.15, 0.2) is 5.13 Å². The predicted octanol–water partition coefficient (Wildman–Crippen LogP) is 3.38. The average Bonchev–Trinajstić information content (AvgIpc) is 2.74. The van der Waals surface area contributed by atoms with Crippen LogP contribution >= 0.6 is 11.3 Å². The summed E-state index contributed by atoms with van der Waals surface area (Å²) in [6, 6.07) is 7.40. The Hall–Kier alpha value is -1.88. The van der Waals surface area contributed by atoms with Gasteiger partial charge in [-0.2, -0.15) is 0 Å². The van der Waals surface area contributed by atoms with Gasteiger partial charge in [-0.25, -0.2) is 4.98 Å². The number of carboxylic acids is 1. The summed E-state index contributed by atoms with van der Waals surface area (Å²) in [5.74, 6) is -1.38. The molecular weight excluding hydrogens is 248 g/mol. The number of aryl methyl sites for hydroxylation is 1. The lowest BCUT2D eigenvalue weighted by molar-refractivity contribution is -0.138. The van der Waals surface area contributed by atoms with Gasteiger partial charge >= 0.3 is 5.97 Å². The fourth-order valence-corrected chi connectivity index (χ4v) is 2.35. The minimum Gasteiger partial charge on any atom is -0.481 e. The van der Waals surface area contributed by atoms with Crippen LogP contribution in [0.3, 0.4) is 0 Å². The van der Waals surface area contributed by atoms with Crippen molar-refractivity contribution in [1.82, 2.24) is 4.98 Å². The van der Waals surface area contributed by atoms with Gasteiger partial charge in [0.25, 0.3) is 0 Å². The highest BCUT2D eigenvalue weighted by Crippen LogP contribution is 2.28. The summed E-state index contributed by atoms with van der Waals surface area (Å²) < 4.78 is 0. The fourth-order valence-electron chi connectivity index (χ4n) is 1.65. The molecule has 0 amide bonds. The monoisotopic (exact) mass is 262 g/mol. The first-order chi connectivity index (χ1) is 8.58. The first-order valence-corrected chi connectivity index (χ1v) is 6.47. The van der Waals surface area contributed by atoms with Crippen molar-refractivity contribution in [3.63, 3.8) is 0 Å². The Bertz CT molecular complexity index is 566. The zero-order valence-corrected chi connectivity index (χ0v) is 11.0. The molecule has 0 bridgehead atoms. The molecule has 0 saturated heterocycles. The van der Waals surface area contributed by atoms with E-state index in [1.165, 1.54) is 11.3 Å². The molecule has 2 N–H and O–H groups in total. The molecule has 0 radical (unpaired) electrons. The van der Waals surface area contributed by atoms with Crippen molar-refractivity contribution in [3.05, 3.63) is 40.9 Å². The highest BCUT2D eigenvalue weighted by Gasteiger charge is 2.17. The Labute approximate surface area is 109 Å². The largest absolute Gasteiger partial charge is 0.481 e. The molecule has 94 valence electrons. The molecule has 1 heterocycles. The van der Waals surface area contributed by atoms with Gasteiger partial charge in [-0.05, 0) is 25.5 Å². The molecule has 5 heteroatoms. The Balaban J connectivity index is 2.30. The second-order valence-corrected chi connectivity index (χ2v) is 4.92. The number of benzene rings is 1. The minimum atomic E-state index is -0.834. The van der Waals surface area contributed by atoms with Crippen LogP contribution in [0.15, 0.2) is 29.6 Å². The molecular formula is C13H14N2O2S. The molecule has 2 aromatic rings. The van der Waals surface area contributed by atoms with Gasteiger partial charge in [-0.1, -0.05) is 18.2 Å². The third-order valence-corrected chi connectivity index (χ3v) is 3.53. The maximum absolute atomic E-state index is 11.1. The van der Waals surface area contributed by atoms with E-state index in [0.29, 0.717) is 0 Å². The first-order valence-electron chi connectivity index (χ1n) is 5.59. The van der Waals surface area contributed by atoms with E-state index < -0.39 is 11.9 Å². The van der Waals surface area contributed by atoms with E-state index in [0.717, 1.165) is 22.1 Å². The topological polar surface area (TPSA) is 62.2 Å². The van der Waals surface area contributed by atoms with Crippen LogP contribution in [0.4, 0.5) is 10.8 Å². The van der Waals surface area contributed by atoms with Crippen molar-refractivity contribution in [2.24, 2.45) is 0 Å². The van der Waals surface area contributed by atoms with Crippen LogP contribution in [0.1, 0.15) is 24.1 Å². The molecule has 0 unspecified atom stereocenters. The lowest BCUT2D eigenvalue weighted by atomic mass is 9.99. The molecule has 0 fully saturated rings. The van der Waals surface area contributed by atoms with E-state index in [1.807, 2.05) is 36.6 Å². The number of rotatable bonds is 4. The summed E-state index contributed by atoms with van der Waals surface area (Å²) in [5.41, 5.74) is 2.51. The average molecular weight is 262 g/mol. The molecule has 0 aliphatic rings. The Morgan fingerprint density at radius 2 is 2.17 bits per heavy atom. The van der Waals surface area contributed by atoms with Crippen LogP contribution in [0, 0.1) is 6.92 Å². The smallest absolute Gasteiger partial charge is 0.310 e. The molecule has 1 aromatic carbocycles. The van der Waals surface area contributed by atoms with Gasteiger partial charge in [0.05, 0.1) is 11.6 Å². The van der Waals surface area contributed by atoms with Crippen molar-refractivity contribution in [2.75, 3.05) is 5.32 Å². The quantitative estimate of drug-likeness (QED) is 0.886. The van der Waals surface area contributed by atoms with Crippen LogP contribution < -0.4 is 5.32 Å². The third-order valence-electron chi connectivity index (χ3n) is 2.66. The van der Waals surface area contributed by atoms with Crippen LogP contribution in [-0.4, -0.2) is 16.1 Å². The number of para-hydroxylation sites is 1. The number of carbonyl (C=O) groups is 1. The number of hydrogen-bond acceptors (Lipinski definition) is 4. The molecule has 2 rings (SSSR count). The van der Waals surface area contributed by atoms with Crippen LogP contribution in [0.5, 0.6) is 0 Å². The van der Waals surface area contributed by atoms with E-state index in [-0.39, 0.29) is 0 Å². The van der Waals surface area contributed by atoms with E-state index in [9.17, 15) is 4.79 Å². The Kier molecular flexibility index (Phi) is 3.62. The summed E-state index contributed by atoms with van der Waals surface area (Å²) in [6.07, 6.45) is 0. The molecule has 18 heavy (non-hydrogen) atoms. The Morgan fingerprint density at radius 3 is 2.78 bits per heavy atom. The number of aromatic nitrogens is 1. The van der Waals surface area contributed by atoms with Gasteiger partial charge in [0.2, 0.25) is 0 Å². The first kappa shape index (κ1) is 12.6. The number of carboxylic acid groups (broad SMARTS) is 1. The standard InChI is InChI=1S/C13H14N2O2S/c1-8-7-18-13(14-8)15-11-6-4-3-5-10(11)9(2)12(16)17/h3-7,9H,1-2H3,(H,14,15)(H,16,17)/t9-/m0/s1. The van der Waals surface area contributed by atoms with Crippen LogP contribution in [0.25, 0.3) is 0 Å². The molecule has 1 aromatic heterocycles. The second kappa shape index (κ2) is 5.18. The zero-order valence-electron chi connectivity index (χ0n) is 10.2.